The molecule has 12 heavy (non-hydrogen) atoms. The fourth-order valence-electron chi connectivity index (χ4n) is 1.47. The maximum Gasteiger partial charge on any atom is 0.122 e. The Kier molecular flexibility index (Phi) is 4.01. The Morgan fingerprint density at radius 1 is 1.67 bits per heavy atom. The van der Waals surface area contributed by atoms with E-state index in [0.29, 0.717) is 12.5 Å². The van der Waals surface area contributed by atoms with Crippen LogP contribution in [0.3, 0.4) is 0 Å². The third-order valence-corrected chi connectivity index (χ3v) is 2.06. The van der Waals surface area contributed by atoms with E-state index in [4.69, 9.17) is 4.74 Å². The van der Waals surface area contributed by atoms with E-state index < -0.39 is 0 Å². The summed E-state index contributed by atoms with van der Waals surface area (Å²) < 4.78 is 5.65. The van der Waals surface area contributed by atoms with Gasteiger partial charge in [-0.1, -0.05) is 25.5 Å². The number of aldehydes is 1. The van der Waals surface area contributed by atoms with Crippen molar-refractivity contribution < 1.29 is 9.53 Å². The van der Waals surface area contributed by atoms with Crippen LogP contribution < -0.4 is 0 Å². The van der Waals surface area contributed by atoms with Crippen LogP contribution in [-0.4, -0.2) is 18.5 Å². The van der Waals surface area contributed by atoms with Crippen molar-refractivity contribution in [2.45, 2.75) is 44.8 Å². The fourth-order valence-corrected chi connectivity index (χ4v) is 1.47. The van der Waals surface area contributed by atoms with Crippen LogP contribution in [0.4, 0.5) is 0 Å². The lowest BCUT2D eigenvalue weighted by Gasteiger charge is -2.24. The SMILES string of the molecule is CCCC1CC=CC(CC=O)O1. The lowest BCUT2D eigenvalue weighted by atomic mass is 10.1. The highest BCUT2D eigenvalue weighted by atomic mass is 16.5. The molecule has 0 saturated heterocycles. The molecule has 2 atom stereocenters. The summed E-state index contributed by atoms with van der Waals surface area (Å²) in [4.78, 5) is 10.2. The minimum absolute atomic E-state index is 0.0350. The summed E-state index contributed by atoms with van der Waals surface area (Å²) in [5, 5.41) is 0. The van der Waals surface area contributed by atoms with E-state index in [1.807, 2.05) is 6.08 Å². The Morgan fingerprint density at radius 3 is 3.17 bits per heavy atom. The zero-order valence-electron chi connectivity index (χ0n) is 7.53. The molecule has 0 N–H and O–H groups in total. The maximum absolute atomic E-state index is 10.2. The van der Waals surface area contributed by atoms with Crippen LogP contribution in [0.1, 0.15) is 32.6 Å². The second kappa shape index (κ2) is 5.09. The van der Waals surface area contributed by atoms with Gasteiger partial charge >= 0.3 is 0 Å². The van der Waals surface area contributed by atoms with Gasteiger partial charge in [0.1, 0.15) is 6.29 Å². The first-order chi connectivity index (χ1) is 5.86. The van der Waals surface area contributed by atoms with Crippen LogP contribution in [0.25, 0.3) is 0 Å². The zero-order valence-corrected chi connectivity index (χ0v) is 7.53. The molecule has 0 amide bonds. The van der Waals surface area contributed by atoms with Crippen LogP contribution in [0.2, 0.25) is 0 Å². The molecule has 1 aliphatic heterocycles. The summed E-state index contributed by atoms with van der Waals surface area (Å²) in [6.45, 7) is 2.15. The van der Waals surface area contributed by atoms with E-state index in [1.54, 1.807) is 0 Å². The molecule has 0 radical (unpaired) electrons. The fraction of sp³-hybridized carbons (Fsp3) is 0.700. The smallest absolute Gasteiger partial charge is 0.122 e. The monoisotopic (exact) mass is 168 g/mol. The molecule has 2 unspecified atom stereocenters. The van der Waals surface area contributed by atoms with Gasteiger partial charge in [0.15, 0.2) is 0 Å². The number of carbonyl (C=O) groups excluding carboxylic acids is 1. The first-order valence-electron chi connectivity index (χ1n) is 4.62. The van der Waals surface area contributed by atoms with E-state index in [2.05, 4.69) is 13.0 Å². The highest BCUT2D eigenvalue weighted by Crippen LogP contribution is 2.17. The summed E-state index contributed by atoms with van der Waals surface area (Å²) in [5.74, 6) is 0. The Hall–Kier alpha value is -0.630. The first-order valence-corrected chi connectivity index (χ1v) is 4.62. The van der Waals surface area contributed by atoms with Crippen molar-refractivity contribution in [1.82, 2.24) is 0 Å². The molecule has 1 heterocycles. The first kappa shape index (κ1) is 9.46. The van der Waals surface area contributed by atoms with Gasteiger partial charge in [-0.2, -0.15) is 0 Å². The van der Waals surface area contributed by atoms with Gasteiger partial charge in [-0.25, -0.2) is 0 Å². The third kappa shape index (κ3) is 2.78. The molecule has 0 aromatic rings. The minimum Gasteiger partial charge on any atom is -0.370 e. The molecule has 0 aromatic heterocycles. The van der Waals surface area contributed by atoms with Crippen molar-refractivity contribution >= 4 is 6.29 Å². The summed E-state index contributed by atoms with van der Waals surface area (Å²) in [7, 11) is 0. The highest BCUT2D eigenvalue weighted by molar-refractivity contribution is 5.50. The zero-order chi connectivity index (χ0) is 8.81. The van der Waals surface area contributed by atoms with Crippen LogP contribution in [-0.2, 0) is 9.53 Å². The number of rotatable bonds is 4. The lowest BCUT2D eigenvalue weighted by molar-refractivity contribution is -0.110. The van der Waals surface area contributed by atoms with Crippen LogP contribution in [0.5, 0.6) is 0 Å². The van der Waals surface area contributed by atoms with Crippen molar-refractivity contribution in [3.8, 4) is 0 Å². The Morgan fingerprint density at radius 2 is 2.50 bits per heavy atom. The van der Waals surface area contributed by atoms with Crippen LogP contribution >= 0.6 is 0 Å². The predicted octanol–water partition coefficient (Wildman–Crippen LogP) is 2.09. The van der Waals surface area contributed by atoms with Crippen molar-refractivity contribution in [2.24, 2.45) is 0 Å². The second-order valence-corrected chi connectivity index (χ2v) is 3.15. The van der Waals surface area contributed by atoms with Gasteiger partial charge < -0.3 is 9.53 Å². The average Bonchev–Trinajstić information content (AvgIpc) is 2.06. The molecule has 2 heteroatoms. The summed E-state index contributed by atoms with van der Waals surface area (Å²) >= 11 is 0. The van der Waals surface area contributed by atoms with Gasteiger partial charge in [0, 0.05) is 6.42 Å². The number of hydrogen-bond acceptors (Lipinski definition) is 2. The summed E-state index contributed by atoms with van der Waals surface area (Å²) in [6.07, 6.45) is 9.14. The highest BCUT2D eigenvalue weighted by Gasteiger charge is 2.16. The Balaban J connectivity index is 2.34. The standard InChI is InChI=1S/C10H16O2/c1-2-4-9-5-3-6-10(12-9)7-8-11/h3,6,8-10H,2,4-5,7H2,1H3. The third-order valence-electron chi connectivity index (χ3n) is 2.06. The number of ether oxygens (including phenoxy) is 1. The molecule has 0 fully saturated rings. The molecule has 1 rings (SSSR count). The summed E-state index contributed by atoms with van der Waals surface area (Å²) in [6, 6.07) is 0. The molecule has 0 spiro atoms. The molecule has 0 saturated carbocycles. The lowest BCUT2D eigenvalue weighted by Crippen LogP contribution is -2.24. The van der Waals surface area contributed by atoms with E-state index in [-0.39, 0.29) is 6.10 Å². The summed E-state index contributed by atoms with van der Waals surface area (Å²) in [5.41, 5.74) is 0. The topological polar surface area (TPSA) is 26.3 Å². The quantitative estimate of drug-likeness (QED) is 0.474. The van der Waals surface area contributed by atoms with Gasteiger partial charge in [-0.15, -0.1) is 0 Å². The van der Waals surface area contributed by atoms with E-state index >= 15 is 0 Å². The molecule has 0 aromatic carbocycles. The largest absolute Gasteiger partial charge is 0.370 e. The van der Waals surface area contributed by atoms with Gasteiger partial charge in [-0.05, 0) is 12.8 Å². The van der Waals surface area contributed by atoms with Gasteiger partial charge in [0.2, 0.25) is 0 Å². The molecule has 0 bridgehead atoms. The van der Waals surface area contributed by atoms with Crippen LogP contribution in [0, 0.1) is 0 Å². The second-order valence-electron chi connectivity index (χ2n) is 3.15. The van der Waals surface area contributed by atoms with E-state index in [1.165, 1.54) is 0 Å². The number of carbonyl (C=O) groups is 1. The van der Waals surface area contributed by atoms with Gasteiger partial charge in [-0.3, -0.25) is 0 Å². The normalized spacial score (nSPS) is 28.8. The molecule has 2 nitrogen and oxygen atoms in total. The van der Waals surface area contributed by atoms with E-state index in [0.717, 1.165) is 25.5 Å². The van der Waals surface area contributed by atoms with Crippen molar-refractivity contribution in [2.75, 3.05) is 0 Å². The van der Waals surface area contributed by atoms with E-state index in [9.17, 15) is 4.79 Å². The Bertz CT molecular complexity index is 163. The molecule has 0 aliphatic carbocycles. The van der Waals surface area contributed by atoms with Gasteiger partial charge in [0.25, 0.3) is 0 Å². The predicted molar refractivity (Wildman–Crippen MR) is 48.0 cm³/mol. The Labute approximate surface area is 73.6 Å². The average molecular weight is 168 g/mol. The van der Waals surface area contributed by atoms with Crippen molar-refractivity contribution in [3.63, 3.8) is 0 Å². The molecular formula is C10H16O2. The van der Waals surface area contributed by atoms with Crippen molar-refractivity contribution in [1.29, 1.82) is 0 Å². The minimum atomic E-state index is 0.0350. The van der Waals surface area contributed by atoms with Gasteiger partial charge in [0.05, 0.1) is 12.2 Å². The van der Waals surface area contributed by atoms with Crippen molar-refractivity contribution in [3.05, 3.63) is 12.2 Å². The maximum atomic E-state index is 10.2. The molecular weight excluding hydrogens is 152 g/mol. The number of hydrogen-bond donors (Lipinski definition) is 0. The molecule has 1 aliphatic rings. The molecule has 68 valence electrons. The van der Waals surface area contributed by atoms with Crippen LogP contribution in [0.15, 0.2) is 12.2 Å².